The van der Waals surface area contributed by atoms with Crippen molar-refractivity contribution in [3.63, 3.8) is 0 Å². The van der Waals surface area contributed by atoms with Crippen LogP contribution in [0.1, 0.15) is 43.5 Å². The highest BCUT2D eigenvalue weighted by Crippen LogP contribution is 2.30. The molecular weight excluding hydrogens is 320 g/mol. The highest BCUT2D eigenvalue weighted by Gasteiger charge is 2.16. The average Bonchev–Trinajstić information content (AvgIpc) is 2.63. The Morgan fingerprint density at radius 3 is 2.38 bits per heavy atom. The molecule has 0 atom stereocenters. The monoisotopic (exact) mass is 348 g/mol. The summed E-state index contributed by atoms with van der Waals surface area (Å²) in [7, 11) is 0. The normalized spacial score (nSPS) is 11.5. The lowest BCUT2D eigenvalue weighted by Crippen LogP contribution is -2.20. The lowest BCUT2D eigenvalue weighted by Gasteiger charge is -2.18. The number of benzene rings is 2. The molecule has 0 saturated heterocycles. The average molecular weight is 348 g/mol. The van der Waals surface area contributed by atoms with Crippen LogP contribution in [-0.4, -0.2) is 9.78 Å². The predicted molar refractivity (Wildman–Crippen MR) is 110 cm³/mol. The van der Waals surface area contributed by atoms with E-state index in [-0.39, 0.29) is 5.43 Å². The van der Waals surface area contributed by atoms with Crippen molar-refractivity contribution in [2.45, 2.75) is 54.0 Å². The fourth-order valence-corrected chi connectivity index (χ4v) is 3.73. The van der Waals surface area contributed by atoms with Gasteiger partial charge in [0.15, 0.2) is 0 Å². The first-order valence-electron chi connectivity index (χ1n) is 9.54. The highest BCUT2D eigenvalue weighted by atomic mass is 16.1. The fraction of sp³-hybridized carbons (Fsp3) is 0.391. The zero-order chi connectivity index (χ0) is 18.8. The van der Waals surface area contributed by atoms with Crippen molar-refractivity contribution in [2.24, 2.45) is 5.92 Å². The maximum Gasteiger partial charge on any atom is 0.211 e. The van der Waals surface area contributed by atoms with Gasteiger partial charge in [0.1, 0.15) is 5.69 Å². The van der Waals surface area contributed by atoms with Gasteiger partial charge in [-0.25, -0.2) is 0 Å². The number of aromatic nitrogens is 2. The Hall–Kier alpha value is -2.42. The van der Waals surface area contributed by atoms with E-state index in [1.807, 2.05) is 23.7 Å². The second-order valence-electron chi connectivity index (χ2n) is 7.30. The van der Waals surface area contributed by atoms with E-state index in [1.165, 1.54) is 11.1 Å². The molecule has 0 aliphatic carbocycles. The van der Waals surface area contributed by atoms with Gasteiger partial charge >= 0.3 is 0 Å². The van der Waals surface area contributed by atoms with Crippen LogP contribution >= 0.6 is 0 Å². The van der Waals surface area contributed by atoms with E-state index >= 15 is 0 Å². The molecule has 3 heteroatoms. The molecule has 2 aromatic carbocycles. The molecule has 136 valence electrons. The lowest BCUT2D eigenvalue weighted by molar-refractivity contribution is 0.399. The van der Waals surface area contributed by atoms with Gasteiger partial charge in [0.2, 0.25) is 5.43 Å². The van der Waals surface area contributed by atoms with Crippen LogP contribution in [0.2, 0.25) is 0 Å². The molecule has 3 rings (SSSR count). The number of nitrogens with zero attached hydrogens (tertiary/aromatic N) is 2. The van der Waals surface area contributed by atoms with Gasteiger partial charge in [-0.15, -0.1) is 0 Å². The predicted octanol–water partition coefficient (Wildman–Crippen LogP) is 5.42. The van der Waals surface area contributed by atoms with E-state index in [2.05, 4.69) is 57.1 Å². The van der Waals surface area contributed by atoms with Crippen LogP contribution in [0, 0.1) is 26.7 Å². The number of fused-ring (bicyclic) bond motifs is 1. The Kier molecular flexibility index (Phi) is 5.26. The fourth-order valence-electron chi connectivity index (χ4n) is 3.73. The third-order valence-electron chi connectivity index (χ3n) is 5.40. The molecule has 0 amide bonds. The summed E-state index contributed by atoms with van der Waals surface area (Å²) >= 11 is 0. The lowest BCUT2D eigenvalue weighted by atomic mass is 9.95. The van der Waals surface area contributed by atoms with Crippen LogP contribution in [0.15, 0.2) is 41.2 Å². The minimum atomic E-state index is 0.0383. The third-order valence-corrected chi connectivity index (χ3v) is 5.40. The zero-order valence-electron chi connectivity index (χ0n) is 16.5. The van der Waals surface area contributed by atoms with Crippen LogP contribution in [0.3, 0.4) is 0 Å². The Balaban J connectivity index is 2.30. The molecule has 0 spiro atoms. The van der Waals surface area contributed by atoms with E-state index < -0.39 is 0 Å². The molecule has 0 aliphatic rings. The molecule has 26 heavy (non-hydrogen) atoms. The first-order valence-corrected chi connectivity index (χ1v) is 9.54. The van der Waals surface area contributed by atoms with Crippen LogP contribution < -0.4 is 5.43 Å². The topological polar surface area (TPSA) is 34.9 Å². The summed E-state index contributed by atoms with van der Waals surface area (Å²) < 4.78 is 2.04. The Bertz CT molecular complexity index is 997. The second kappa shape index (κ2) is 7.45. The van der Waals surface area contributed by atoms with Gasteiger partial charge in [0.25, 0.3) is 0 Å². The van der Waals surface area contributed by atoms with E-state index in [4.69, 9.17) is 0 Å². The summed E-state index contributed by atoms with van der Waals surface area (Å²) in [4.78, 5) is 13.0. The van der Waals surface area contributed by atoms with Gasteiger partial charge in [0.05, 0.1) is 10.9 Å². The molecule has 3 aromatic rings. The van der Waals surface area contributed by atoms with E-state index in [0.29, 0.717) is 11.6 Å². The number of rotatable bonds is 5. The minimum absolute atomic E-state index is 0.0383. The SMILES string of the molecule is CCC(CC)Cn1nc(C)c(=O)c2c(-c3ccc(C)cc3C)cccc21. The number of hydrogen-bond acceptors (Lipinski definition) is 2. The van der Waals surface area contributed by atoms with E-state index in [1.54, 1.807) is 0 Å². The Morgan fingerprint density at radius 2 is 1.73 bits per heavy atom. The molecule has 0 N–H and O–H groups in total. The molecule has 1 heterocycles. The van der Waals surface area contributed by atoms with Gasteiger partial charge in [-0.2, -0.15) is 5.10 Å². The van der Waals surface area contributed by atoms with Crippen molar-refractivity contribution >= 4 is 10.9 Å². The molecule has 0 fully saturated rings. The molecule has 0 saturated carbocycles. The van der Waals surface area contributed by atoms with Crippen molar-refractivity contribution in [1.82, 2.24) is 9.78 Å². The van der Waals surface area contributed by atoms with Crippen molar-refractivity contribution in [2.75, 3.05) is 0 Å². The molecule has 0 unspecified atom stereocenters. The quantitative estimate of drug-likeness (QED) is 0.616. The van der Waals surface area contributed by atoms with Crippen molar-refractivity contribution in [1.29, 1.82) is 0 Å². The molecule has 1 aromatic heterocycles. The molecule has 3 nitrogen and oxygen atoms in total. The van der Waals surface area contributed by atoms with Gasteiger partial charge in [0, 0.05) is 6.54 Å². The van der Waals surface area contributed by atoms with Crippen LogP contribution in [0.5, 0.6) is 0 Å². The first kappa shape index (κ1) is 18.4. The van der Waals surface area contributed by atoms with Gasteiger partial charge in [-0.1, -0.05) is 62.6 Å². The zero-order valence-corrected chi connectivity index (χ0v) is 16.5. The second-order valence-corrected chi connectivity index (χ2v) is 7.30. The van der Waals surface area contributed by atoms with Crippen LogP contribution in [-0.2, 0) is 6.54 Å². The first-order chi connectivity index (χ1) is 12.5. The van der Waals surface area contributed by atoms with Crippen molar-refractivity contribution in [3.05, 3.63) is 63.4 Å². The van der Waals surface area contributed by atoms with Gasteiger partial charge < -0.3 is 0 Å². The van der Waals surface area contributed by atoms with Gasteiger partial charge in [-0.3, -0.25) is 9.48 Å². The summed E-state index contributed by atoms with van der Waals surface area (Å²) in [5.74, 6) is 0.567. The molecule has 0 aliphatic heterocycles. The maximum atomic E-state index is 13.0. The van der Waals surface area contributed by atoms with Gasteiger partial charge in [-0.05, 0) is 49.4 Å². The standard InChI is InChI=1S/C23H28N2O/c1-6-18(7-2)14-25-21-10-8-9-20(22(21)23(26)17(5)24-25)19-12-11-15(3)13-16(19)4/h8-13,18H,6-7,14H2,1-5H3. The number of aryl methyl sites for hydroxylation is 3. The summed E-state index contributed by atoms with van der Waals surface area (Å²) in [5, 5.41) is 5.40. The van der Waals surface area contributed by atoms with Crippen LogP contribution in [0.25, 0.3) is 22.0 Å². The Morgan fingerprint density at radius 1 is 1.00 bits per heavy atom. The molecule has 0 radical (unpaired) electrons. The van der Waals surface area contributed by atoms with Crippen molar-refractivity contribution < 1.29 is 0 Å². The molecule has 0 bridgehead atoms. The van der Waals surface area contributed by atoms with E-state index in [0.717, 1.165) is 41.4 Å². The van der Waals surface area contributed by atoms with Crippen molar-refractivity contribution in [3.8, 4) is 11.1 Å². The smallest absolute Gasteiger partial charge is 0.211 e. The highest BCUT2D eigenvalue weighted by molar-refractivity contribution is 5.95. The maximum absolute atomic E-state index is 13.0. The number of hydrogen-bond donors (Lipinski definition) is 0. The van der Waals surface area contributed by atoms with E-state index in [9.17, 15) is 4.79 Å². The summed E-state index contributed by atoms with van der Waals surface area (Å²) in [5.41, 5.74) is 6.10. The summed E-state index contributed by atoms with van der Waals surface area (Å²) in [6.45, 7) is 11.3. The van der Waals surface area contributed by atoms with Crippen LogP contribution in [0.4, 0.5) is 0 Å². The summed E-state index contributed by atoms with van der Waals surface area (Å²) in [6.07, 6.45) is 2.23. The minimum Gasteiger partial charge on any atom is -0.287 e. The third kappa shape index (κ3) is 3.31. The molecular formula is C23H28N2O. The summed E-state index contributed by atoms with van der Waals surface area (Å²) in [6, 6.07) is 12.5. The Labute approximate surface area is 155 Å². The largest absolute Gasteiger partial charge is 0.287 e.